The van der Waals surface area contributed by atoms with Gasteiger partial charge in [-0.15, -0.1) is 11.3 Å². The fraction of sp³-hybridized carbons (Fsp3) is 0.200. The van der Waals surface area contributed by atoms with E-state index in [0.29, 0.717) is 5.69 Å². The quantitative estimate of drug-likeness (QED) is 0.667. The molecule has 0 saturated carbocycles. The average molecular weight is 405 g/mol. The molecule has 0 saturated heterocycles. The van der Waals surface area contributed by atoms with E-state index in [1.807, 2.05) is 0 Å². The van der Waals surface area contributed by atoms with Crippen molar-refractivity contribution in [1.82, 2.24) is 15.0 Å². The molecule has 3 aromatic rings. The lowest BCUT2D eigenvalue weighted by atomic mass is 10.1. The molecular formula is C15H11F4N3O2S2. The largest absolute Gasteiger partial charge is 0.449 e. The SMILES string of the molecule is Cc1csc(-c2[nH]c(C(F)(F)F)nc2-c2ccc(S(C)(=O)=O)c(F)c2)n1. The molecule has 0 atom stereocenters. The molecule has 2 heterocycles. The van der Waals surface area contributed by atoms with Crippen molar-refractivity contribution in [3.05, 3.63) is 40.9 Å². The van der Waals surface area contributed by atoms with Crippen LogP contribution in [0, 0.1) is 12.7 Å². The Hall–Kier alpha value is -2.27. The van der Waals surface area contributed by atoms with Gasteiger partial charge >= 0.3 is 6.18 Å². The molecular weight excluding hydrogens is 394 g/mol. The van der Waals surface area contributed by atoms with E-state index in [2.05, 4.69) is 15.0 Å². The molecule has 2 aromatic heterocycles. The van der Waals surface area contributed by atoms with Crippen molar-refractivity contribution in [2.75, 3.05) is 6.26 Å². The van der Waals surface area contributed by atoms with E-state index in [1.165, 1.54) is 6.07 Å². The van der Waals surface area contributed by atoms with Crippen LogP contribution in [-0.2, 0) is 16.0 Å². The van der Waals surface area contributed by atoms with Gasteiger partial charge in [-0.1, -0.05) is 6.07 Å². The number of halogens is 4. The second kappa shape index (κ2) is 6.16. The zero-order chi connectivity index (χ0) is 19.3. The summed E-state index contributed by atoms with van der Waals surface area (Å²) in [6, 6.07) is 3.05. The molecule has 138 valence electrons. The Morgan fingerprint density at radius 2 is 1.88 bits per heavy atom. The van der Waals surface area contributed by atoms with Crippen molar-refractivity contribution < 1.29 is 26.0 Å². The van der Waals surface area contributed by atoms with Crippen molar-refractivity contribution in [1.29, 1.82) is 0 Å². The van der Waals surface area contributed by atoms with Crippen molar-refractivity contribution in [3.63, 3.8) is 0 Å². The van der Waals surface area contributed by atoms with E-state index >= 15 is 0 Å². The third kappa shape index (κ3) is 3.49. The number of aromatic amines is 1. The number of rotatable bonds is 3. The number of hydrogen-bond donors (Lipinski definition) is 1. The number of H-pyrrole nitrogens is 1. The molecule has 3 rings (SSSR count). The maximum atomic E-state index is 14.2. The van der Waals surface area contributed by atoms with Crippen molar-refractivity contribution in [3.8, 4) is 22.0 Å². The molecule has 0 aliphatic rings. The summed E-state index contributed by atoms with van der Waals surface area (Å²) >= 11 is 1.11. The summed E-state index contributed by atoms with van der Waals surface area (Å²) in [6.07, 6.45) is -3.89. The first-order valence-electron chi connectivity index (χ1n) is 7.06. The van der Waals surface area contributed by atoms with Crippen LogP contribution in [0.1, 0.15) is 11.5 Å². The highest BCUT2D eigenvalue weighted by Gasteiger charge is 2.36. The molecule has 0 aliphatic heterocycles. The molecule has 0 radical (unpaired) electrons. The molecule has 1 aromatic carbocycles. The van der Waals surface area contributed by atoms with Gasteiger partial charge in [-0.25, -0.2) is 22.8 Å². The van der Waals surface area contributed by atoms with Gasteiger partial charge in [-0.05, 0) is 19.1 Å². The zero-order valence-corrected chi connectivity index (χ0v) is 15.0. The van der Waals surface area contributed by atoms with Crippen LogP contribution >= 0.6 is 11.3 Å². The lowest BCUT2D eigenvalue weighted by Gasteiger charge is -2.04. The predicted octanol–water partition coefficient (Wildman–Crippen LogP) is 4.07. The lowest BCUT2D eigenvalue weighted by Crippen LogP contribution is -2.07. The van der Waals surface area contributed by atoms with Crippen LogP contribution in [0.2, 0.25) is 0 Å². The number of alkyl halides is 3. The van der Waals surface area contributed by atoms with E-state index in [-0.39, 0.29) is 22.0 Å². The van der Waals surface area contributed by atoms with Gasteiger partial charge in [-0.2, -0.15) is 13.2 Å². The van der Waals surface area contributed by atoms with Crippen LogP contribution in [-0.4, -0.2) is 29.6 Å². The number of hydrogen-bond acceptors (Lipinski definition) is 5. The Balaban J connectivity index is 2.21. The lowest BCUT2D eigenvalue weighted by molar-refractivity contribution is -0.144. The Morgan fingerprint density at radius 1 is 1.19 bits per heavy atom. The van der Waals surface area contributed by atoms with Crippen LogP contribution < -0.4 is 0 Å². The third-order valence-corrected chi connectivity index (χ3v) is 5.52. The minimum absolute atomic E-state index is 0.00417. The van der Waals surface area contributed by atoms with Crippen LogP contribution in [0.5, 0.6) is 0 Å². The topological polar surface area (TPSA) is 75.7 Å². The van der Waals surface area contributed by atoms with Gasteiger partial charge < -0.3 is 4.98 Å². The number of thiazole rings is 1. The summed E-state index contributed by atoms with van der Waals surface area (Å²) in [4.78, 5) is 9.32. The Bertz CT molecular complexity index is 1080. The summed E-state index contributed by atoms with van der Waals surface area (Å²) in [6.45, 7) is 1.68. The number of nitrogens with zero attached hydrogens (tertiary/aromatic N) is 2. The van der Waals surface area contributed by atoms with E-state index < -0.39 is 32.6 Å². The van der Waals surface area contributed by atoms with Crippen LogP contribution in [0.25, 0.3) is 22.0 Å². The van der Waals surface area contributed by atoms with Gasteiger partial charge in [0, 0.05) is 22.9 Å². The average Bonchev–Trinajstić information content (AvgIpc) is 3.11. The number of sulfone groups is 1. The molecule has 5 nitrogen and oxygen atoms in total. The van der Waals surface area contributed by atoms with Crippen LogP contribution in [0.4, 0.5) is 17.6 Å². The van der Waals surface area contributed by atoms with E-state index in [9.17, 15) is 26.0 Å². The first-order chi connectivity index (χ1) is 12.0. The van der Waals surface area contributed by atoms with Crippen LogP contribution in [0.3, 0.4) is 0 Å². The van der Waals surface area contributed by atoms with E-state index in [0.717, 1.165) is 29.7 Å². The first-order valence-corrected chi connectivity index (χ1v) is 9.83. The molecule has 0 spiro atoms. The summed E-state index contributed by atoms with van der Waals surface area (Å²) in [5, 5.41) is 1.91. The van der Waals surface area contributed by atoms with Crippen LogP contribution in [0.15, 0.2) is 28.5 Å². The molecule has 0 bridgehead atoms. The predicted molar refractivity (Wildman–Crippen MR) is 87.9 cm³/mol. The highest BCUT2D eigenvalue weighted by atomic mass is 32.2. The number of nitrogens with one attached hydrogen (secondary N) is 1. The van der Waals surface area contributed by atoms with Gasteiger partial charge in [0.25, 0.3) is 0 Å². The molecule has 0 unspecified atom stereocenters. The van der Waals surface area contributed by atoms with Gasteiger partial charge in [0.2, 0.25) is 5.82 Å². The highest BCUT2D eigenvalue weighted by molar-refractivity contribution is 7.90. The monoisotopic (exact) mass is 405 g/mol. The smallest absolute Gasteiger partial charge is 0.332 e. The fourth-order valence-corrected chi connectivity index (χ4v) is 3.81. The second-order valence-electron chi connectivity index (χ2n) is 5.52. The first kappa shape index (κ1) is 18.5. The summed E-state index contributed by atoms with van der Waals surface area (Å²) < 4.78 is 76.3. The molecule has 11 heteroatoms. The summed E-state index contributed by atoms with van der Waals surface area (Å²) in [7, 11) is -3.80. The van der Waals surface area contributed by atoms with Crippen molar-refractivity contribution >= 4 is 21.2 Å². The number of imidazole rings is 1. The number of aromatic nitrogens is 3. The molecule has 0 amide bonds. The maximum Gasteiger partial charge on any atom is 0.449 e. The minimum atomic E-state index is -4.73. The Labute approximate surface area is 149 Å². The zero-order valence-electron chi connectivity index (χ0n) is 13.3. The Morgan fingerprint density at radius 3 is 2.38 bits per heavy atom. The summed E-state index contributed by atoms with van der Waals surface area (Å²) in [5.74, 6) is -2.31. The van der Waals surface area contributed by atoms with Gasteiger partial charge in [0.1, 0.15) is 21.4 Å². The summed E-state index contributed by atoms with van der Waals surface area (Å²) in [5.41, 5.74) is 0.440. The maximum absolute atomic E-state index is 14.2. The van der Waals surface area contributed by atoms with Gasteiger partial charge in [0.05, 0.1) is 5.69 Å². The molecule has 26 heavy (non-hydrogen) atoms. The molecule has 0 fully saturated rings. The molecule has 0 aliphatic carbocycles. The fourth-order valence-electron chi connectivity index (χ4n) is 2.29. The molecule has 1 N–H and O–H groups in total. The second-order valence-corrected chi connectivity index (χ2v) is 8.36. The third-order valence-electron chi connectivity index (χ3n) is 3.41. The highest BCUT2D eigenvalue weighted by Crippen LogP contribution is 2.37. The van der Waals surface area contributed by atoms with Gasteiger partial charge in [-0.3, -0.25) is 0 Å². The van der Waals surface area contributed by atoms with Gasteiger partial charge in [0.15, 0.2) is 9.84 Å². The number of benzene rings is 1. The minimum Gasteiger partial charge on any atom is -0.332 e. The van der Waals surface area contributed by atoms with E-state index in [4.69, 9.17) is 0 Å². The van der Waals surface area contributed by atoms with E-state index in [1.54, 1.807) is 12.3 Å². The Kier molecular flexibility index (Phi) is 4.39. The normalized spacial score (nSPS) is 12.5. The van der Waals surface area contributed by atoms with Crippen molar-refractivity contribution in [2.24, 2.45) is 0 Å². The standard InChI is InChI=1S/C15H11F4N3O2S2/c1-7-6-25-13(20-7)12-11(21-14(22-12)15(17,18)19)8-3-4-10(9(16)5-8)26(2,23)24/h3-6H,1-2H3,(H,21,22). The van der Waals surface area contributed by atoms with Crippen molar-refractivity contribution in [2.45, 2.75) is 18.0 Å². The number of aryl methyl sites for hydroxylation is 1.